The zero-order chi connectivity index (χ0) is 12.5. The lowest BCUT2D eigenvalue weighted by Crippen LogP contribution is -2.16. The Labute approximate surface area is 115 Å². The second-order valence-electron chi connectivity index (χ2n) is 3.40. The van der Waals surface area contributed by atoms with Crippen molar-refractivity contribution in [1.82, 2.24) is 4.98 Å². The molecule has 0 aromatic carbocycles. The number of hydrogen-bond acceptors (Lipinski definition) is 5. The minimum atomic E-state index is -0.808. The van der Waals surface area contributed by atoms with Crippen molar-refractivity contribution in [2.24, 2.45) is 5.73 Å². The van der Waals surface area contributed by atoms with Crippen LogP contribution in [-0.4, -0.2) is 11.1 Å². The number of H-pyrrole nitrogens is 1. The van der Waals surface area contributed by atoms with Gasteiger partial charge in [-0.15, -0.1) is 22.7 Å². The Balaban J connectivity index is 2.05. The third kappa shape index (κ3) is 2.12. The largest absolute Gasteiger partial charge is 0.411 e. The van der Waals surface area contributed by atoms with E-state index in [1.807, 2.05) is 29.0 Å². The van der Waals surface area contributed by atoms with Gasteiger partial charge in [0.25, 0.3) is 0 Å². The maximum atomic E-state index is 10.9. The minimum absolute atomic E-state index is 0.419. The lowest BCUT2D eigenvalue weighted by Gasteiger charge is -2.01. The zero-order valence-corrected chi connectivity index (χ0v) is 11.5. The van der Waals surface area contributed by atoms with Crippen LogP contribution >= 0.6 is 34.4 Å². The first-order valence-electron chi connectivity index (χ1n) is 5.02. The van der Waals surface area contributed by atoms with E-state index in [9.17, 15) is 4.79 Å². The number of carbonyl (C=O) groups excluding carboxylic acids is 1. The third-order valence-electron chi connectivity index (χ3n) is 2.23. The van der Waals surface area contributed by atoms with E-state index in [1.54, 1.807) is 34.4 Å². The summed E-state index contributed by atoms with van der Waals surface area (Å²) >= 11 is 4.81. The molecular weight excluding hydrogens is 288 g/mol. The second kappa shape index (κ2) is 4.68. The average molecular weight is 296 g/mol. The molecule has 3 N–H and O–H groups in total. The number of carbonyl (C=O) groups is 1. The molecule has 3 aromatic rings. The molecule has 4 nitrogen and oxygen atoms in total. The number of hydrogen-bond donors (Lipinski definition) is 2. The van der Waals surface area contributed by atoms with E-state index in [-0.39, 0.29) is 0 Å². The van der Waals surface area contributed by atoms with E-state index >= 15 is 0 Å². The molecule has 3 heterocycles. The van der Waals surface area contributed by atoms with Crippen molar-refractivity contribution in [3.63, 3.8) is 0 Å². The lowest BCUT2D eigenvalue weighted by atomic mass is 10.5. The van der Waals surface area contributed by atoms with Crippen LogP contribution < -0.4 is 10.5 Å². The van der Waals surface area contributed by atoms with Gasteiger partial charge in [-0.3, -0.25) is 0 Å². The number of aromatic nitrogens is 1. The van der Waals surface area contributed by atoms with Crippen LogP contribution in [0.1, 0.15) is 0 Å². The molecule has 0 saturated heterocycles. The highest BCUT2D eigenvalue weighted by Crippen LogP contribution is 2.44. The quantitative estimate of drug-likeness (QED) is 0.770. The van der Waals surface area contributed by atoms with Gasteiger partial charge in [-0.1, -0.05) is 17.8 Å². The first kappa shape index (κ1) is 11.6. The fourth-order valence-electron chi connectivity index (χ4n) is 1.55. The fourth-order valence-corrected chi connectivity index (χ4v) is 4.40. The summed E-state index contributed by atoms with van der Waals surface area (Å²) in [7, 11) is 0. The average Bonchev–Trinajstić information content (AvgIpc) is 2.98. The summed E-state index contributed by atoms with van der Waals surface area (Å²) in [5, 5.41) is 4.00. The molecule has 0 atom stereocenters. The van der Waals surface area contributed by atoms with E-state index in [1.165, 1.54) is 0 Å². The maximum absolute atomic E-state index is 10.9. The topological polar surface area (TPSA) is 68.1 Å². The van der Waals surface area contributed by atoms with Gasteiger partial charge >= 0.3 is 6.09 Å². The molecule has 7 heteroatoms. The smallest absolute Gasteiger partial charge is 0.392 e. The molecule has 1 amide bonds. The van der Waals surface area contributed by atoms with Crippen LogP contribution in [0.4, 0.5) is 4.79 Å². The molecule has 0 unspecified atom stereocenters. The SMILES string of the molecule is NC(=O)Oc1[nH]c2ccsc2c1Sc1cccs1. The van der Waals surface area contributed by atoms with Crippen LogP contribution in [0.3, 0.4) is 0 Å². The van der Waals surface area contributed by atoms with Crippen LogP contribution in [-0.2, 0) is 0 Å². The van der Waals surface area contributed by atoms with Crippen molar-refractivity contribution in [3.8, 4) is 5.88 Å². The van der Waals surface area contributed by atoms with Crippen LogP contribution in [0, 0.1) is 0 Å². The Kier molecular flexibility index (Phi) is 3.02. The van der Waals surface area contributed by atoms with Gasteiger partial charge in [-0.2, -0.15) is 0 Å². The van der Waals surface area contributed by atoms with Crippen LogP contribution in [0.15, 0.2) is 38.1 Å². The first-order valence-corrected chi connectivity index (χ1v) is 7.59. The summed E-state index contributed by atoms with van der Waals surface area (Å²) in [6.45, 7) is 0. The van der Waals surface area contributed by atoms with Gasteiger partial charge in [0.1, 0.15) is 0 Å². The van der Waals surface area contributed by atoms with E-state index in [4.69, 9.17) is 10.5 Å². The van der Waals surface area contributed by atoms with Crippen molar-refractivity contribution in [2.75, 3.05) is 0 Å². The Morgan fingerprint density at radius 1 is 1.33 bits per heavy atom. The predicted octanol–water partition coefficient (Wildman–Crippen LogP) is 3.90. The Morgan fingerprint density at radius 2 is 2.22 bits per heavy atom. The highest BCUT2D eigenvalue weighted by molar-refractivity contribution is 8.01. The summed E-state index contributed by atoms with van der Waals surface area (Å²) in [6.07, 6.45) is -0.808. The summed E-state index contributed by atoms with van der Waals surface area (Å²) in [5.74, 6) is 0.419. The fraction of sp³-hybridized carbons (Fsp3) is 0. The first-order chi connectivity index (χ1) is 8.74. The number of thiophene rings is 2. The Bertz CT molecular complexity index is 684. The number of rotatable bonds is 3. The highest BCUT2D eigenvalue weighted by Gasteiger charge is 2.17. The second-order valence-corrected chi connectivity index (χ2v) is 6.58. The molecule has 18 heavy (non-hydrogen) atoms. The van der Waals surface area contributed by atoms with Crippen molar-refractivity contribution < 1.29 is 9.53 Å². The minimum Gasteiger partial charge on any atom is -0.392 e. The van der Waals surface area contributed by atoms with Gasteiger partial charge in [0, 0.05) is 0 Å². The predicted molar refractivity (Wildman–Crippen MR) is 74.8 cm³/mol. The molecule has 0 aliphatic rings. The monoisotopic (exact) mass is 296 g/mol. The highest BCUT2D eigenvalue weighted by atomic mass is 32.2. The summed E-state index contributed by atoms with van der Waals surface area (Å²) < 4.78 is 7.22. The van der Waals surface area contributed by atoms with Crippen molar-refractivity contribution in [3.05, 3.63) is 29.0 Å². The Morgan fingerprint density at radius 3 is 2.94 bits per heavy atom. The zero-order valence-electron chi connectivity index (χ0n) is 9.01. The van der Waals surface area contributed by atoms with Crippen molar-refractivity contribution in [2.45, 2.75) is 9.10 Å². The van der Waals surface area contributed by atoms with Gasteiger partial charge in [-0.25, -0.2) is 4.79 Å². The van der Waals surface area contributed by atoms with Gasteiger partial charge in [0.05, 0.1) is 19.3 Å². The summed E-state index contributed by atoms with van der Waals surface area (Å²) in [5.41, 5.74) is 6.03. The van der Waals surface area contributed by atoms with Gasteiger partial charge < -0.3 is 15.5 Å². The van der Waals surface area contributed by atoms with E-state index in [2.05, 4.69) is 4.98 Å². The number of fused-ring (bicyclic) bond motifs is 1. The number of aromatic amines is 1. The van der Waals surface area contributed by atoms with Crippen molar-refractivity contribution in [1.29, 1.82) is 0 Å². The molecule has 0 radical (unpaired) electrons. The normalized spacial score (nSPS) is 10.9. The number of nitrogens with two attached hydrogens (primary N) is 1. The van der Waals surface area contributed by atoms with Crippen LogP contribution in [0.25, 0.3) is 10.2 Å². The van der Waals surface area contributed by atoms with Gasteiger partial charge in [0.15, 0.2) is 0 Å². The Hall–Kier alpha value is -1.44. The summed E-state index contributed by atoms with van der Waals surface area (Å²) in [4.78, 5) is 14.9. The van der Waals surface area contributed by atoms with E-state index in [0.29, 0.717) is 5.88 Å². The van der Waals surface area contributed by atoms with Crippen molar-refractivity contribution >= 4 is 50.7 Å². The van der Waals surface area contributed by atoms with Gasteiger partial charge in [-0.05, 0) is 22.9 Å². The molecule has 0 saturated carbocycles. The van der Waals surface area contributed by atoms with Crippen LogP contribution in [0.2, 0.25) is 0 Å². The third-order valence-corrected chi connectivity index (χ3v) is 5.42. The number of primary amides is 1. The summed E-state index contributed by atoms with van der Waals surface area (Å²) in [6, 6.07) is 5.96. The maximum Gasteiger partial charge on any atom is 0.411 e. The van der Waals surface area contributed by atoms with E-state index in [0.717, 1.165) is 19.3 Å². The molecule has 0 spiro atoms. The van der Waals surface area contributed by atoms with Gasteiger partial charge in [0.2, 0.25) is 5.88 Å². The molecule has 3 aromatic heterocycles. The molecule has 0 aliphatic carbocycles. The molecular formula is C11H8N2O2S3. The molecule has 0 aliphatic heterocycles. The molecule has 3 rings (SSSR count). The number of nitrogens with one attached hydrogen (secondary N) is 1. The number of ether oxygens (including phenoxy) is 1. The standard InChI is InChI=1S/C11H8N2O2S3/c12-11(14)15-10-9(18-7-2-1-4-16-7)8-6(13-10)3-5-17-8/h1-5,13H,(H2,12,14). The molecule has 0 bridgehead atoms. The number of amides is 1. The molecule has 0 fully saturated rings. The lowest BCUT2D eigenvalue weighted by molar-refractivity contribution is 0.208. The van der Waals surface area contributed by atoms with E-state index < -0.39 is 6.09 Å². The van der Waals surface area contributed by atoms with Crippen LogP contribution in [0.5, 0.6) is 5.88 Å². The molecule has 92 valence electrons.